The molecule has 2 aromatic rings. The Morgan fingerprint density at radius 3 is 2.62 bits per heavy atom. The Kier molecular flexibility index (Phi) is 6.12. The Bertz CT molecular complexity index is 751. The summed E-state index contributed by atoms with van der Waals surface area (Å²) in [5.41, 5.74) is 1.32. The van der Waals surface area contributed by atoms with Gasteiger partial charge in [-0.3, -0.25) is 14.7 Å². The van der Waals surface area contributed by atoms with Crippen molar-refractivity contribution in [3.63, 3.8) is 0 Å². The van der Waals surface area contributed by atoms with Gasteiger partial charge in [-0.15, -0.1) is 0 Å². The highest BCUT2D eigenvalue weighted by Crippen LogP contribution is 2.14. The van der Waals surface area contributed by atoms with Crippen LogP contribution in [0.1, 0.15) is 41.7 Å². The first-order valence-corrected chi connectivity index (χ1v) is 8.95. The molecular weight excluding hydrogens is 335 g/mol. The molecule has 2 heterocycles. The van der Waals surface area contributed by atoms with Crippen LogP contribution in [0.15, 0.2) is 30.5 Å². The minimum absolute atomic E-state index is 0.0906. The summed E-state index contributed by atoms with van der Waals surface area (Å²) < 4.78 is 12.9. The summed E-state index contributed by atoms with van der Waals surface area (Å²) in [6.07, 6.45) is 5.83. The highest BCUT2D eigenvalue weighted by atomic mass is 19.1. The zero-order valence-electron chi connectivity index (χ0n) is 14.6. The molecule has 0 unspecified atom stereocenters. The molecule has 26 heavy (non-hydrogen) atoms. The van der Waals surface area contributed by atoms with Crippen molar-refractivity contribution < 1.29 is 14.0 Å². The average Bonchev–Trinajstić information content (AvgIpc) is 3.11. The highest BCUT2D eigenvalue weighted by molar-refractivity contribution is 6.04. The Labute approximate surface area is 151 Å². The van der Waals surface area contributed by atoms with Gasteiger partial charge in [0.1, 0.15) is 17.3 Å². The molecule has 1 fully saturated rings. The van der Waals surface area contributed by atoms with Gasteiger partial charge in [-0.1, -0.05) is 6.42 Å². The lowest BCUT2D eigenvalue weighted by Crippen LogP contribution is -2.31. The van der Waals surface area contributed by atoms with Crippen LogP contribution < -0.4 is 5.32 Å². The number of aromatic amines is 1. The van der Waals surface area contributed by atoms with Gasteiger partial charge in [0, 0.05) is 30.6 Å². The summed E-state index contributed by atoms with van der Waals surface area (Å²) in [4.78, 5) is 27.0. The van der Waals surface area contributed by atoms with Crippen molar-refractivity contribution in [2.24, 2.45) is 0 Å². The van der Waals surface area contributed by atoms with Crippen LogP contribution in [-0.2, 0) is 11.2 Å². The number of aromatic nitrogens is 2. The van der Waals surface area contributed by atoms with Crippen molar-refractivity contribution in [1.29, 1.82) is 0 Å². The molecule has 0 aliphatic carbocycles. The molecular formula is C19H23FN4O2. The fourth-order valence-electron chi connectivity index (χ4n) is 3.14. The van der Waals surface area contributed by atoms with Gasteiger partial charge in [-0.25, -0.2) is 4.39 Å². The summed E-state index contributed by atoms with van der Waals surface area (Å²) >= 11 is 0. The van der Waals surface area contributed by atoms with Crippen molar-refractivity contribution in [2.45, 2.75) is 32.1 Å². The fourth-order valence-corrected chi connectivity index (χ4v) is 3.14. The quantitative estimate of drug-likeness (QED) is 0.798. The first-order chi connectivity index (χ1) is 12.6. The second kappa shape index (κ2) is 8.71. The molecule has 1 aliphatic rings. The van der Waals surface area contributed by atoms with E-state index in [-0.39, 0.29) is 23.7 Å². The third-order valence-corrected chi connectivity index (χ3v) is 4.59. The molecule has 7 heteroatoms. The molecule has 0 radical (unpaired) electrons. The maximum absolute atomic E-state index is 12.9. The van der Waals surface area contributed by atoms with Crippen LogP contribution in [0.5, 0.6) is 0 Å². The number of likely N-dealkylation sites (tertiary alicyclic amines) is 1. The van der Waals surface area contributed by atoms with Gasteiger partial charge in [0.2, 0.25) is 0 Å². The smallest absolute Gasteiger partial charge is 0.273 e. The van der Waals surface area contributed by atoms with Crippen LogP contribution in [0, 0.1) is 5.82 Å². The SMILES string of the molecule is O=C(CCN1CCCCC1)Cc1cn[nH]c1C(=O)Nc1ccc(F)cc1. The number of nitrogens with one attached hydrogen (secondary N) is 2. The standard InChI is InChI=1S/C19H23FN4O2/c20-15-4-6-16(7-5-15)22-19(26)18-14(13-21-23-18)12-17(25)8-11-24-9-2-1-3-10-24/h4-7,13H,1-3,8-12H2,(H,21,23)(H,22,26). The van der Waals surface area contributed by atoms with Crippen molar-refractivity contribution in [2.75, 3.05) is 25.0 Å². The molecule has 138 valence electrons. The predicted molar refractivity (Wildman–Crippen MR) is 96.6 cm³/mol. The largest absolute Gasteiger partial charge is 0.321 e. The number of anilines is 1. The number of ketones is 1. The van der Waals surface area contributed by atoms with E-state index in [1.807, 2.05) is 0 Å². The van der Waals surface area contributed by atoms with Gasteiger partial charge in [-0.2, -0.15) is 5.10 Å². The van der Waals surface area contributed by atoms with E-state index < -0.39 is 5.91 Å². The minimum atomic E-state index is -0.395. The van der Waals surface area contributed by atoms with Gasteiger partial charge >= 0.3 is 0 Å². The summed E-state index contributed by atoms with van der Waals surface area (Å²) in [5.74, 6) is -0.676. The Morgan fingerprint density at radius 1 is 1.15 bits per heavy atom. The zero-order valence-corrected chi connectivity index (χ0v) is 14.6. The molecule has 0 atom stereocenters. The van der Waals surface area contributed by atoms with Gasteiger partial charge in [0.15, 0.2) is 0 Å². The summed E-state index contributed by atoms with van der Waals surface area (Å²) in [7, 11) is 0. The molecule has 1 saturated heterocycles. The number of amides is 1. The minimum Gasteiger partial charge on any atom is -0.321 e. The second-order valence-corrected chi connectivity index (χ2v) is 6.60. The van der Waals surface area contributed by atoms with Crippen molar-refractivity contribution in [3.05, 3.63) is 47.5 Å². The van der Waals surface area contributed by atoms with Crippen molar-refractivity contribution in [3.8, 4) is 0 Å². The number of carbonyl (C=O) groups excluding carboxylic acids is 2. The van der Waals surface area contributed by atoms with Gasteiger partial charge in [0.05, 0.1) is 6.20 Å². The van der Waals surface area contributed by atoms with Crippen LogP contribution in [-0.4, -0.2) is 46.4 Å². The lowest BCUT2D eigenvalue weighted by atomic mass is 10.1. The molecule has 2 N–H and O–H groups in total. The molecule has 3 rings (SSSR count). The van der Waals surface area contributed by atoms with E-state index in [1.165, 1.54) is 49.7 Å². The summed E-state index contributed by atoms with van der Waals surface area (Å²) in [6.45, 7) is 2.89. The summed E-state index contributed by atoms with van der Waals surface area (Å²) in [5, 5.41) is 9.22. The molecule has 6 nitrogen and oxygen atoms in total. The zero-order chi connectivity index (χ0) is 18.4. The third kappa shape index (κ3) is 4.98. The van der Waals surface area contributed by atoms with Gasteiger partial charge < -0.3 is 10.2 Å². The predicted octanol–water partition coefficient (Wildman–Crippen LogP) is 2.79. The second-order valence-electron chi connectivity index (χ2n) is 6.60. The number of hydrogen-bond acceptors (Lipinski definition) is 4. The van der Waals surface area contributed by atoms with E-state index in [9.17, 15) is 14.0 Å². The lowest BCUT2D eigenvalue weighted by Gasteiger charge is -2.25. The molecule has 1 amide bonds. The number of Topliss-reactive ketones (excluding diaryl/α,β-unsaturated/α-hetero) is 1. The number of H-pyrrole nitrogens is 1. The number of rotatable bonds is 7. The number of hydrogen-bond donors (Lipinski definition) is 2. The molecule has 1 aliphatic heterocycles. The van der Waals surface area contributed by atoms with E-state index >= 15 is 0 Å². The number of carbonyl (C=O) groups is 2. The summed E-state index contributed by atoms with van der Waals surface area (Å²) in [6, 6.07) is 5.50. The number of piperidine rings is 1. The van der Waals surface area contributed by atoms with Crippen molar-refractivity contribution >= 4 is 17.4 Å². The molecule has 1 aromatic heterocycles. The Hall–Kier alpha value is -2.54. The first-order valence-electron chi connectivity index (χ1n) is 8.95. The normalized spacial score (nSPS) is 15.0. The van der Waals surface area contributed by atoms with Crippen LogP contribution >= 0.6 is 0 Å². The monoisotopic (exact) mass is 358 g/mol. The van der Waals surface area contributed by atoms with Crippen LogP contribution in [0.25, 0.3) is 0 Å². The lowest BCUT2D eigenvalue weighted by molar-refractivity contribution is -0.118. The number of benzene rings is 1. The third-order valence-electron chi connectivity index (χ3n) is 4.59. The van der Waals surface area contributed by atoms with Crippen LogP contribution in [0.2, 0.25) is 0 Å². The van der Waals surface area contributed by atoms with Crippen LogP contribution in [0.3, 0.4) is 0 Å². The highest BCUT2D eigenvalue weighted by Gasteiger charge is 2.18. The van der Waals surface area contributed by atoms with Crippen molar-refractivity contribution in [1.82, 2.24) is 15.1 Å². The fraction of sp³-hybridized carbons (Fsp3) is 0.421. The van der Waals surface area contributed by atoms with Gasteiger partial charge in [-0.05, 0) is 50.2 Å². The van der Waals surface area contributed by atoms with E-state index in [0.717, 1.165) is 19.6 Å². The molecule has 0 bridgehead atoms. The van der Waals surface area contributed by atoms with Crippen LogP contribution in [0.4, 0.5) is 10.1 Å². The maximum Gasteiger partial charge on any atom is 0.273 e. The van der Waals surface area contributed by atoms with E-state index in [0.29, 0.717) is 17.7 Å². The Morgan fingerprint density at radius 2 is 1.88 bits per heavy atom. The molecule has 0 spiro atoms. The van der Waals surface area contributed by atoms with Gasteiger partial charge in [0.25, 0.3) is 5.91 Å². The van der Waals surface area contributed by atoms with E-state index in [2.05, 4.69) is 20.4 Å². The molecule has 1 aromatic carbocycles. The topological polar surface area (TPSA) is 78.1 Å². The van der Waals surface area contributed by atoms with E-state index in [4.69, 9.17) is 0 Å². The molecule has 0 saturated carbocycles. The number of nitrogens with zero attached hydrogens (tertiary/aromatic N) is 2. The maximum atomic E-state index is 12.9. The number of halogens is 1. The average molecular weight is 358 g/mol. The van der Waals surface area contributed by atoms with E-state index in [1.54, 1.807) is 0 Å². The first kappa shape index (κ1) is 18.3. The Balaban J connectivity index is 1.54.